The van der Waals surface area contributed by atoms with Gasteiger partial charge in [-0.15, -0.1) is 0 Å². The molecule has 4 nitrogen and oxygen atoms in total. The van der Waals surface area contributed by atoms with E-state index < -0.39 is 23.0 Å². The minimum absolute atomic E-state index is 0.0742. The number of benzene rings is 1. The number of ether oxygens (including phenoxy) is 1. The Morgan fingerprint density at radius 3 is 2.70 bits per heavy atom. The lowest BCUT2D eigenvalue weighted by atomic mass is 9.81. The van der Waals surface area contributed by atoms with Gasteiger partial charge in [-0.1, -0.05) is 6.07 Å². The predicted octanol–water partition coefficient (Wildman–Crippen LogP) is 1.90. The summed E-state index contributed by atoms with van der Waals surface area (Å²) in [5.74, 6) is -1.83. The van der Waals surface area contributed by atoms with Crippen molar-refractivity contribution < 1.29 is 18.3 Å². The van der Waals surface area contributed by atoms with Crippen LogP contribution in [0.4, 0.5) is 8.78 Å². The van der Waals surface area contributed by atoms with E-state index in [1.54, 1.807) is 0 Å². The Bertz CT molecular complexity index is 549. The molecule has 1 aromatic carbocycles. The highest BCUT2D eigenvalue weighted by Gasteiger charge is 2.40. The molecule has 0 spiro atoms. The summed E-state index contributed by atoms with van der Waals surface area (Å²) < 4.78 is 31.4. The van der Waals surface area contributed by atoms with E-state index in [-0.39, 0.29) is 12.1 Å². The molecule has 0 bridgehead atoms. The standard InChI is InChI=1S/C14H14F2N2O2/c15-11-2-1-10(12(16)7-11)8-18-13(19)14(9-17)3-5-20-6-4-14/h1-2,7H,3-6,8H2,(H,18,19). The first kappa shape index (κ1) is 14.4. The van der Waals surface area contributed by atoms with Crippen molar-refractivity contribution in [3.8, 4) is 6.07 Å². The van der Waals surface area contributed by atoms with Crippen molar-refractivity contribution in [2.75, 3.05) is 13.2 Å². The van der Waals surface area contributed by atoms with Crippen LogP contribution in [-0.4, -0.2) is 19.1 Å². The summed E-state index contributed by atoms with van der Waals surface area (Å²) in [7, 11) is 0. The molecule has 106 valence electrons. The highest BCUT2D eigenvalue weighted by atomic mass is 19.1. The zero-order valence-electron chi connectivity index (χ0n) is 10.8. The van der Waals surface area contributed by atoms with Crippen LogP contribution in [0.1, 0.15) is 18.4 Å². The lowest BCUT2D eigenvalue weighted by molar-refractivity contribution is -0.132. The molecule has 1 N–H and O–H groups in total. The van der Waals surface area contributed by atoms with Crippen LogP contribution < -0.4 is 5.32 Å². The zero-order valence-corrected chi connectivity index (χ0v) is 10.8. The van der Waals surface area contributed by atoms with Crippen LogP contribution in [0.15, 0.2) is 18.2 Å². The van der Waals surface area contributed by atoms with Crippen molar-refractivity contribution in [2.24, 2.45) is 5.41 Å². The molecule has 0 atom stereocenters. The van der Waals surface area contributed by atoms with Crippen molar-refractivity contribution >= 4 is 5.91 Å². The molecular formula is C14H14F2N2O2. The largest absolute Gasteiger partial charge is 0.381 e. The van der Waals surface area contributed by atoms with Gasteiger partial charge in [0.15, 0.2) is 0 Å². The van der Waals surface area contributed by atoms with Gasteiger partial charge in [-0.05, 0) is 18.9 Å². The second-order valence-corrected chi connectivity index (χ2v) is 4.72. The molecule has 1 fully saturated rings. The third-order valence-corrected chi connectivity index (χ3v) is 3.45. The fourth-order valence-corrected chi connectivity index (χ4v) is 2.12. The van der Waals surface area contributed by atoms with E-state index in [0.717, 1.165) is 12.1 Å². The predicted molar refractivity (Wildman–Crippen MR) is 66.3 cm³/mol. The Morgan fingerprint density at radius 2 is 2.10 bits per heavy atom. The number of rotatable bonds is 3. The van der Waals surface area contributed by atoms with Gasteiger partial charge in [0.25, 0.3) is 0 Å². The number of carbonyl (C=O) groups excluding carboxylic acids is 1. The first-order chi connectivity index (χ1) is 9.57. The molecule has 1 aliphatic heterocycles. The molecule has 0 aromatic heterocycles. The average molecular weight is 280 g/mol. The van der Waals surface area contributed by atoms with Crippen molar-refractivity contribution in [3.63, 3.8) is 0 Å². The number of hydrogen-bond donors (Lipinski definition) is 1. The Balaban J connectivity index is 2.02. The van der Waals surface area contributed by atoms with Crippen molar-refractivity contribution in [1.29, 1.82) is 5.26 Å². The Labute approximate surface area is 115 Å². The third kappa shape index (κ3) is 2.94. The highest BCUT2D eigenvalue weighted by molar-refractivity contribution is 5.85. The average Bonchev–Trinajstić information content (AvgIpc) is 2.46. The number of nitrogens with one attached hydrogen (secondary N) is 1. The maximum absolute atomic E-state index is 13.4. The first-order valence-corrected chi connectivity index (χ1v) is 6.29. The SMILES string of the molecule is N#CC1(C(=O)NCc2ccc(F)cc2F)CCOCC1. The number of carbonyl (C=O) groups is 1. The normalized spacial score (nSPS) is 17.2. The Hall–Kier alpha value is -2.00. The number of nitrogens with zero attached hydrogens (tertiary/aromatic N) is 1. The van der Waals surface area contributed by atoms with E-state index in [1.165, 1.54) is 6.07 Å². The molecule has 0 aliphatic carbocycles. The van der Waals surface area contributed by atoms with Gasteiger partial charge in [0.2, 0.25) is 5.91 Å². The van der Waals surface area contributed by atoms with E-state index in [0.29, 0.717) is 26.1 Å². The third-order valence-electron chi connectivity index (χ3n) is 3.45. The summed E-state index contributed by atoms with van der Waals surface area (Å²) in [5, 5.41) is 11.8. The van der Waals surface area contributed by atoms with E-state index >= 15 is 0 Å². The van der Waals surface area contributed by atoms with E-state index in [9.17, 15) is 18.8 Å². The Kier molecular flexibility index (Phi) is 4.30. The van der Waals surface area contributed by atoms with Crippen molar-refractivity contribution in [3.05, 3.63) is 35.4 Å². The fourth-order valence-electron chi connectivity index (χ4n) is 2.12. The molecule has 1 amide bonds. The molecule has 1 aromatic rings. The number of amides is 1. The van der Waals surface area contributed by atoms with Crippen molar-refractivity contribution in [2.45, 2.75) is 19.4 Å². The van der Waals surface area contributed by atoms with Crippen LogP contribution in [-0.2, 0) is 16.1 Å². The number of nitriles is 1. The molecule has 6 heteroatoms. The minimum atomic E-state index is -1.12. The molecule has 1 aliphatic rings. The fraction of sp³-hybridized carbons (Fsp3) is 0.429. The Morgan fingerprint density at radius 1 is 1.40 bits per heavy atom. The van der Waals surface area contributed by atoms with E-state index in [2.05, 4.69) is 5.32 Å². The van der Waals surface area contributed by atoms with Gasteiger partial charge >= 0.3 is 0 Å². The van der Waals surface area contributed by atoms with Crippen LogP contribution in [0.3, 0.4) is 0 Å². The molecular weight excluding hydrogens is 266 g/mol. The lowest BCUT2D eigenvalue weighted by Crippen LogP contribution is -2.43. The summed E-state index contributed by atoms with van der Waals surface area (Å²) in [6, 6.07) is 5.19. The number of halogens is 2. The van der Waals surface area contributed by atoms with Gasteiger partial charge in [-0.3, -0.25) is 4.79 Å². The second kappa shape index (κ2) is 5.97. The van der Waals surface area contributed by atoms with Crippen LogP contribution in [0, 0.1) is 28.4 Å². The van der Waals surface area contributed by atoms with Gasteiger partial charge in [-0.25, -0.2) is 8.78 Å². The molecule has 2 rings (SSSR count). The van der Waals surface area contributed by atoms with E-state index in [1.807, 2.05) is 6.07 Å². The molecule has 20 heavy (non-hydrogen) atoms. The first-order valence-electron chi connectivity index (χ1n) is 6.29. The second-order valence-electron chi connectivity index (χ2n) is 4.72. The monoisotopic (exact) mass is 280 g/mol. The minimum Gasteiger partial charge on any atom is -0.381 e. The maximum Gasteiger partial charge on any atom is 0.240 e. The molecule has 0 radical (unpaired) electrons. The molecule has 1 saturated heterocycles. The van der Waals surface area contributed by atoms with Gasteiger partial charge in [0.1, 0.15) is 17.0 Å². The van der Waals surface area contributed by atoms with Crippen LogP contribution in [0.25, 0.3) is 0 Å². The quantitative estimate of drug-likeness (QED) is 0.919. The van der Waals surface area contributed by atoms with Crippen LogP contribution >= 0.6 is 0 Å². The van der Waals surface area contributed by atoms with Crippen LogP contribution in [0.2, 0.25) is 0 Å². The van der Waals surface area contributed by atoms with Crippen molar-refractivity contribution in [1.82, 2.24) is 5.32 Å². The summed E-state index contributed by atoms with van der Waals surface area (Å²) in [6.07, 6.45) is 0.641. The summed E-state index contributed by atoms with van der Waals surface area (Å²) in [5.41, 5.74) is -0.936. The molecule has 0 saturated carbocycles. The topological polar surface area (TPSA) is 62.1 Å². The van der Waals surface area contributed by atoms with E-state index in [4.69, 9.17) is 4.74 Å². The zero-order chi connectivity index (χ0) is 14.6. The van der Waals surface area contributed by atoms with Gasteiger partial charge in [-0.2, -0.15) is 5.26 Å². The van der Waals surface area contributed by atoms with Crippen LogP contribution in [0.5, 0.6) is 0 Å². The smallest absolute Gasteiger partial charge is 0.240 e. The molecule has 1 heterocycles. The van der Waals surface area contributed by atoms with Gasteiger partial charge < -0.3 is 10.1 Å². The van der Waals surface area contributed by atoms with Gasteiger partial charge in [0.05, 0.1) is 6.07 Å². The number of hydrogen-bond acceptors (Lipinski definition) is 3. The summed E-state index contributed by atoms with van der Waals surface area (Å²) in [4.78, 5) is 12.1. The summed E-state index contributed by atoms with van der Waals surface area (Å²) >= 11 is 0. The highest BCUT2D eigenvalue weighted by Crippen LogP contribution is 2.30. The molecule has 0 unspecified atom stereocenters. The lowest BCUT2D eigenvalue weighted by Gasteiger charge is -2.29. The maximum atomic E-state index is 13.4. The van der Waals surface area contributed by atoms with Gasteiger partial charge in [0, 0.05) is 31.4 Å². The summed E-state index contributed by atoms with van der Waals surface area (Å²) in [6.45, 7) is 0.632.